The quantitative estimate of drug-likeness (QED) is 0.839. The summed E-state index contributed by atoms with van der Waals surface area (Å²) >= 11 is 0. The SMILES string of the molecule is CC(C)NCCS(=O)(=O)N1CCC2CCCCC2C1. The minimum absolute atomic E-state index is 0.239. The third-order valence-corrected chi connectivity index (χ3v) is 6.40. The van der Waals surface area contributed by atoms with Gasteiger partial charge in [-0.15, -0.1) is 0 Å². The zero-order valence-corrected chi connectivity index (χ0v) is 13.1. The first-order valence-electron chi connectivity index (χ1n) is 7.70. The summed E-state index contributed by atoms with van der Waals surface area (Å²) in [5.74, 6) is 1.65. The lowest BCUT2D eigenvalue weighted by Gasteiger charge is -2.40. The van der Waals surface area contributed by atoms with Crippen molar-refractivity contribution in [2.75, 3.05) is 25.4 Å². The summed E-state index contributed by atoms with van der Waals surface area (Å²) in [6.07, 6.45) is 6.23. The summed E-state index contributed by atoms with van der Waals surface area (Å²) in [6.45, 7) is 6.16. The van der Waals surface area contributed by atoms with Gasteiger partial charge in [-0.1, -0.05) is 33.1 Å². The first-order chi connectivity index (χ1) is 8.99. The standard InChI is InChI=1S/C14H28N2O2S/c1-12(2)15-8-10-19(17,18)16-9-7-13-5-3-4-6-14(13)11-16/h12-15H,3-11H2,1-2H3. The van der Waals surface area contributed by atoms with Crippen LogP contribution in [0.2, 0.25) is 0 Å². The number of piperidine rings is 1. The number of nitrogens with zero attached hydrogens (tertiary/aromatic N) is 1. The van der Waals surface area contributed by atoms with Crippen LogP contribution < -0.4 is 5.32 Å². The number of nitrogens with one attached hydrogen (secondary N) is 1. The van der Waals surface area contributed by atoms with E-state index in [9.17, 15) is 8.42 Å². The van der Waals surface area contributed by atoms with Gasteiger partial charge in [-0.25, -0.2) is 12.7 Å². The molecule has 0 aromatic rings. The van der Waals surface area contributed by atoms with Gasteiger partial charge in [-0.2, -0.15) is 0 Å². The van der Waals surface area contributed by atoms with Crippen molar-refractivity contribution in [3.05, 3.63) is 0 Å². The molecule has 0 amide bonds. The van der Waals surface area contributed by atoms with Gasteiger partial charge in [-0.05, 0) is 24.7 Å². The van der Waals surface area contributed by atoms with Crippen LogP contribution in [0.3, 0.4) is 0 Å². The Hall–Kier alpha value is -0.130. The van der Waals surface area contributed by atoms with E-state index in [2.05, 4.69) is 5.32 Å². The first-order valence-corrected chi connectivity index (χ1v) is 9.31. The summed E-state index contributed by atoms with van der Waals surface area (Å²) in [5.41, 5.74) is 0. The third-order valence-electron chi connectivity index (χ3n) is 4.56. The predicted octanol–water partition coefficient (Wildman–Crippen LogP) is 1.83. The van der Waals surface area contributed by atoms with Gasteiger partial charge in [0, 0.05) is 25.7 Å². The lowest BCUT2D eigenvalue weighted by molar-refractivity contribution is 0.136. The minimum Gasteiger partial charge on any atom is -0.313 e. The molecule has 4 nitrogen and oxygen atoms in total. The molecule has 0 aromatic carbocycles. The number of sulfonamides is 1. The molecule has 2 rings (SSSR count). The van der Waals surface area contributed by atoms with Gasteiger partial charge in [0.15, 0.2) is 0 Å². The highest BCUT2D eigenvalue weighted by Gasteiger charge is 2.35. The summed E-state index contributed by atoms with van der Waals surface area (Å²) in [5, 5.41) is 3.19. The molecule has 2 aliphatic rings. The summed E-state index contributed by atoms with van der Waals surface area (Å²) < 4.78 is 26.4. The van der Waals surface area contributed by atoms with Gasteiger partial charge >= 0.3 is 0 Å². The fourth-order valence-electron chi connectivity index (χ4n) is 3.43. The molecule has 112 valence electrons. The second kappa shape index (κ2) is 6.55. The van der Waals surface area contributed by atoms with Gasteiger partial charge in [0.25, 0.3) is 0 Å². The van der Waals surface area contributed by atoms with Gasteiger partial charge in [0.1, 0.15) is 0 Å². The van der Waals surface area contributed by atoms with Crippen LogP contribution in [0.25, 0.3) is 0 Å². The molecule has 0 radical (unpaired) electrons. The van der Waals surface area contributed by atoms with E-state index in [0.717, 1.165) is 25.4 Å². The Labute approximate surface area is 118 Å². The molecule has 19 heavy (non-hydrogen) atoms. The Bertz CT molecular complexity index is 381. The van der Waals surface area contributed by atoms with Crippen LogP contribution in [-0.2, 0) is 10.0 Å². The van der Waals surface area contributed by atoms with E-state index < -0.39 is 10.0 Å². The molecule has 2 atom stereocenters. The van der Waals surface area contributed by atoms with Crippen molar-refractivity contribution in [2.45, 2.75) is 52.0 Å². The molecule has 0 aromatic heterocycles. The second-order valence-corrected chi connectivity index (χ2v) is 8.46. The molecule has 2 fully saturated rings. The smallest absolute Gasteiger partial charge is 0.215 e. The fraction of sp³-hybridized carbons (Fsp3) is 1.00. The molecule has 2 unspecified atom stereocenters. The second-order valence-electron chi connectivity index (χ2n) is 6.38. The average molecular weight is 288 g/mol. The lowest BCUT2D eigenvalue weighted by atomic mass is 9.76. The maximum Gasteiger partial charge on any atom is 0.215 e. The Morgan fingerprint density at radius 3 is 2.53 bits per heavy atom. The highest BCUT2D eigenvalue weighted by atomic mass is 32.2. The molecule has 1 aliphatic carbocycles. The summed E-state index contributed by atoms with van der Waals surface area (Å²) in [6, 6.07) is 0.347. The molecule has 1 saturated heterocycles. The maximum absolute atomic E-state index is 12.3. The number of hydrogen-bond acceptors (Lipinski definition) is 3. The van der Waals surface area contributed by atoms with Gasteiger partial charge in [0.2, 0.25) is 10.0 Å². The summed E-state index contributed by atoms with van der Waals surface area (Å²) in [4.78, 5) is 0. The Balaban J connectivity index is 1.86. The molecule has 1 N–H and O–H groups in total. The fourth-order valence-corrected chi connectivity index (χ4v) is 4.86. The topological polar surface area (TPSA) is 49.4 Å². The van der Waals surface area contributed by atoms with E-state index in [4.69, 9.17) is 0 Å². The van der Waals surface area contributed by atoms with E-state index in [1.54, 1.807) is 4.31 Å². The average Bonchev–Trinajstić information content (AvgIpc) is 2.37. The predicted molar refractivity (Wildman–Crippen MR) is 78.6 cm³/mol. The molecule has 0 bridgehead atoms. The van der Waals surface area contributed by atoms with Crippen LogP contribution in [0.1, 0.15) is 46.0 Å². The lowest BCUT2D eigenvalue weighted by Crippen LogP contribution is -2.46. The Kier molecular flexibility index (Phi) is 5.26. The van der Waals surface area contributed by atoms with Crippen molar-refractivity contribution in [3.63, 3.8) is 0 Å². The van der Waals surface area contributed by atoms with Crippen LogP contribution in [0.15, 0.2) is 0 Å². The normalized spacial score (nSPS) is 29.4. The van der Waals surface area contributed by atoms with Gasteiger partial charge in [0.05, 0.1) is 5.75 Å². The van der Waals surface area contributed by atoms with Crippen LogP contribution in [-0.4, -0.2) is 44.2 Å². The van der Waals surface area contributed by atoms with Crippen LogP contribution in [0.5, 0.6) is 0 Å². The van der Waals surface area contributed by atoms with Crippen LogP contribution in [0.4, 0.5) is 0 Å². The largest absolute Gasteiger partial charge is 0.313 e. The van der Waals surface area contributed by atoms with E-state index >= 15 is 0 Å². The van der Waals surface area contributed by atoms with E-state index in [-0.39, 0.29) is 5.75 Å². The molecule has 1 heterocycles. The molecule has 5 heteroatoms. The minimum atomic E-state index is -3.06. The van der Waals surface area contributed by atoms with E-state index in [1.165, 1.54) is 25.7 Å². The maximum atomic E-state index is 12.3. The van der Waals surface area contributed by atoms with Crippen molar-refractivity contribution in [1.82, 2.24) is 9.62 Å². The number of hydrogen-bond donors (Lipinski definition) is 1. The zero-order chi connectivity index (χ0) is 13.9. The van der Waals surface area contributed by atoms with Crippen molar-refractivity contribution in [2.24, 2.45) is 11.8 Å². The van der Waals surface area contributed by atoms with Crippen molar-refractivity contribution in [1.29, 1.82) is 0 Å². The van der Waals surface area contributed by atoms with Gasteiger partial charge < -0.3 is 5.32 Å². The van der Waals surface area contributed by atoms with E-state index in [1.807, 2.05) is 13.8 Å². The highest BCUT2D eigenvalue weighted by molar-refractivity contribution is 7.89. The molecule has 0 spiro atoms. The molecular formula is C14H28N2O2S. The Morgan fingerprint density at radius 2 is 1.84 bits per heavy atom. The summed E-state index contributed by atoms with van der Waals surface area (Å²) in [7, 11) is -3.06. The number of rotatable bonds is 5. The third kappa shape index (κ3) is 4.17. The van der Waals surface area contributed by atoms with Crippen LogP contribution in [0, 0.1) is 11.8 Å². The van der Waals surface area contributed by atoms with Crippen molar-refractivity contribution in [3.8, 4) is 0 Å². The van der Waals surface area contributed by atoms with Gasteiger partial charge in [-0.3, -0.25) is 0 Å². The van der Waals surface area contributed by atoms with Crippen molar-refractivity contribution >= 4 is 10.0 Å². The highest BCUT2D eigenvalue weighted by Crippen LogP contribution is 2.36. The van der Waals surface area contributed by atoms with Crippen LogP contribution >= 0.6 is 0 Å². The first kappa shape index (κ1) is 15.3. The molecule has 1 saturated carbocycles. The Morgan fingerprint density at radius 1 is 1.16 bits per heavy atom. The molecule has 1 aliphatic heterocycles. The van der Waals surface area contributed by atoms with Crippen molar-refractivity contribution < 1.29 is 8.42 Å². The monoisotopic (exact) mass is 288 g/mol. The van der Waals surface area contributed by atoms with E-state index in [0.29, 0.717) is 18.5 Å². The molecular weight excluding hydrogens is 260 g/mol. The number of fused-ring (bicyclic) bond motifs is 1. The zero-order valence-electron chi connectivity index (χ0n) is 12.3.